The van der Waals surface area contributed by atoms with E-state index < -0.39 is 24.0 Å². The Balaban J connectivity index is 1.46. The second kappa shape index (κ2) is 12.6. The fourth-order valence-electron chi connectivity index (χ4n) is 3.20. The molecule has 9 heteroatoms. The highest BCUT2D eigenvalue weighted by Gasteiger charge is 2.19. The number of aromatic nitrogens is 1. The summed E-state index contributed by atoms with van der Waals surface area (Å²) in [4.78, 5) is 39.5. The first-order valence-electron chi connectivity index (χ1n) is 10.7. The standard InChI is InChI=1S/C25H26N4O5/c30-23(17-28-25(33)34-15-14-27-22-8-4-5-13-26-22)29-21(16-24(31)32)20-11-9-19(10-12-20)18-6-2-1-3-7-18/h1-13,21H,14-17H2,(H,26,27)(H,28,33)(H,29,30)(H,31,32)/t21-/m1/s1. The lowest BCUT2D eigenvalue weighted by atomic mass is 9.99. The van der Waals surface area contributed by atoms with E-state index in [4.69, 9.17) is 4.74 Å². The summed E-state index contributed by atoms with van der Waals surface area (Å²) >= 11 is 0. The van der Waals surface area contributed by atoms with E-state index in [1.807, 2.05) is 48.5 Å². The lowest BCUT2D eigenvalue weighted by Crippen LogP contribution is -2.39. The van der Waals surface area contributed by atoms with E-state index in [9.17, 15) is 19.5 Å². The molecule has 2 aromatic carbocycles. The fourth-order valence-corrected chi connectivity index (χ4v) is 3.20. The van der Waals surface area contributed by atoms with Crippen LogP contribution in [-0.2, 0) is 14.3 Å². The van der Waals surface area contributed by atoms with Gasteiger partial charge in [-0.05, 0) is 28.8 Å². The molecule has 0 saturated carbocycles. The number of carbonyl (C=O) groups is 3. The first-order valence-corrected chi connectivity index (χ1v) is 10.7. The fraction of sp³-hybridized carbons (Fsp3) is 0.200. The zero-order valence-electron chi connectivity index (χ0n) is 18.4. The number of carboxylic acid groups (broad SMARTS) is 1. The van der Waals surface area contributed by atoms with Crippen LogP contribution in [0.1, 0.15) is 18.0 Å². The molecule has 0 aliphatic heterocycles. The van der Waals surface area contributed by atoms with Crippen LogP contribution in [0.4, 0.5) is 10.6 Å². The average Bonchev–Trinajstić information content (AvgIpc) is 2.86. The highest BCUT2D eigenvalue weighted by atomic mass is 16.5. The molecule has 0 fully saturated rings. The Kier molecular flexibility index (Phi) is 8.98. The second-order valence-electron chi connectivity index (χ2n) is 7.34. The Labute approximate surface area is 197 Å². The molecule has 9 nitrogen and oxygen atoms in total. The third-order valence-corrected chi connectivity index (χ3v) is 4.83. The number of hydrogen-bond donors (Lipinski definition) is 4. The topological polar surface area (TPSA) is 130 Å². The summed E-state index contributed by atoms with van der Waals surface area (Å²) in [5, 5.41) is 17.3. The average molecular weight is 463 g/mol. The minimum atomic E-state index is -1.05. The van der Waals surface area contributed by atoms with Crippen LogP contribution >= 0.6 is 0 Å². The SMILES string of the molecule is O=C(O)C[C@@H](NC(=O)CNC(=O)OCCNc1ccccn1)c1ccc(-c2ccccc2)cc1. The first-order chi connectivity index (χ1) is 16.5. The van der Waals surface area contributed by atoms with Crippen LogP contribution in [0, 0.1) is 0 Å². The lowest BCUT2D eigenvalue weighted by molar-refractivity contribution is -0.137. The van der Waals surface area contributed by atoms with Gasteiger partial charge in [0.05, 0.1) is 19.0 Å². The minimum Gasteiger partial charge on any atom is -0.481 e. The maximum Gasteiger partial charge on any atom is 0.407 e. The van der Waals surface area contributed by atoms with Gasteiger partial charge in [0.15, 0.2) is 0 Å². The zero-order valence-corrected chi connectivity index (χ0v) is 18.4. The van der Waals surface area contributed by atoms with Gasteiger partial charge in [0.2, 0.25) is 5.91 Å². The molecule has 0 bridgehead atoms. The Morgan fingerprint density at radius 3 is 2.29 bits per heavy atom. The highest BCUT2D eigenvalue weighted by Crippen LogP contribution is 2.23. The van der Waals surface area contributed by atoms with Crippen molar-refractivity contribution in [1.29, 1.82) is 0 Å². The van der Waals surface area contributed by atoms with Gasteiger partial charge in [-0.25, -0.2) is 9.78 Å². The van der Waals surface area contributed by atoms with E-state index in [2.05, 4.69) is 20.9 Å². The largest absolute Gasteiger partial charge is 0.481 e. The summed E-state index contributed by atoms with van der Waals surface area (Å²) in [6.07, 6.45) is 0.601. The van der Waals surface area contributed by atoms with Gasteiger partial charge in [-0.15, -0.1) is 0 Å². The van der Waals surface area contributed by atoms with Crippen LogP contribution < -0.4 is 16.0 Å². The number of benzene rings is 2. The predicted octanol–water partition coefficient (Wildman–Crippen LogP) is 3.22. The molecular formula is C25H26N4O5. The van der Waals surface area contributed by atoms with Gasteiger partial charge in [-0.1, -0.05) is 60.7 Å². The number of pyridine rings is 1. The van der Waals surface area contributed by atoms with Gasteiger partial charge in [0, 0.05) is 6.20 Å². The summed E-state index contributed by atoms with van der Waals surface area (Å²) in [5.74, 6) is -0.917. The monoisotopic (exact) mass is 462 g/mol. The minimum absolute atomic E-state index is 0.0828. The van der Waals surface area contributed by atoms with Gasteiger partial charge in [-0.3, -0.25) is 9.59 Å². The number of hydrogen-bond acceptors (Lipinski definition) is 6. The molecule has 1 aromatic heterocycles. The molecule has 1 atom stereocenters. The van der Waals surface area contributed by atoms with Crippen molar-refractivity contribution in [2.75, 3.05) is 25.0 Å². The van der Waals surface area contributed by atoms with Crippen LogP contribution in [0.3, 0.4) is 0 Å². The Morgan fingerprint density at radius 2 is 1.62 bits per heavy atom. The molecular weight excluding hydrogens is 436 g/mol. The molecule has 0 saturated heterocycles. The second-order valence-corrected chi connectivity index (χ2v) is 7.34. The number of alkyl carbamates (subject to hydrolysis) is 1. The van der Waals surface area contributed by atoms with E-state index in [0.717, 1.165) is 11.1 Å². The van der Waals surface area contributed by atoms with E-state index in [-0.39, 0.29) is 19.6 Å². The van der Waals surface area contributed by atoms with Crippen LogP contribution in [0.15, 0.2) is 79.0 Å². The summed E-state index contributed by atoms with van der Waals surface area (Å²) in [6.45, 7) is 0.0977. The van der Waals surface area contributed by atoms with Gasteiger partial charge in [0.1, 0.15) is 19.0 Å². The molecule has 34 heavy (non-hydrogen) atoms. The van der Waals surface area contributed by atoms with Gasteiger partial charge in [-0.2, -0.15) is 0 Å². The number of amides is 2. The number of nitrogens with one attached hydrogen (secondary N) is 3. The molecule has 0 unspecified atom stereocenters. The van der Waals surface area contributed by atoms with E-state index >= 15 is 0 Å². The van der Waals surface area contributed by atoms with Gasteiger partial charge >= 0.3 is 12.1 Å². The van der Waals surface area contributed by atoms with Crippen molar-refractivity contribution in [2.24, 2.45) is 0 Å². The van der Waals surface area contributed by atoms with Crippen molar-refractivity contribution in [1.82, 2.24) is 15.6 Å². The highest BCUT2D eigenvalue weighted by molar-refractivity contribution is 5.83. The number of anilines is 1. The van der Waals surface area contributed by atoms with Crippen LogP contribution in [0.25, 0.3) is 11.1 Å². The summed E-state index contributed by atoms with van der Waals surface area (Å²) in [7, 11) is 0. The molecule has 0 radical (unpaired) electrons. The summed E-state index contributed by atoms with van der Waals surface area (Å²) < 4.78 is 5.01. The van der Waals surface area contributed by atoms with Gasteiger partial charge in [0.25, 0.3) is 0 Å². The lowest BCUT2D eigenvalue weighted by Gasteiger charge is -2.18. The maximum atomic E-state index is 12.3. The molecule has 0 aliphatic carbocycles. The molecule has 0 spiro atoms. The molecule has 1 heterocycles. The molecule has 176 valence electrons. The van der Waals surface area contributed by atoms with E-state index in [1.54, 1.807) is 30.5 Å². The normalized spacial score (nSPS) is 11.2. The van der Waals surface area contributed by atoms with Crippen molar-refractivity contribution in [2.45, 2.75) is 12.5 Å². The maximum absolute atomic E-state index is 12.3. The summed E-state index contributed by atoms with van der Waals surface area (Å²) in [6, 6.07) is 21.7. The number of aliphatic carboxylic acids is 1. The molecule has 3 aromatic rings. The van der Waals surface area contributed by atoms with Crippen molar-refractivity contribution >= 4 is 23.8 Å². The third kappa shape index (κ3) is 7.94. The van der Waals surface area contributed by atoms with Crippen molar-refractivity contribution in [3.8, 4) is 11.1 Å². The van der Waals surface area contributed by atoms with Crippen molar-refractivity contribution < 1.29 is 24.2 Å². The summed E-state index contributed by atoms with van der Waals surface area (Å²) in [5.41, 5.74) is 2.66. The Morgan fingerprint density at radius 1 is 0.912 bits per heavy atom. The van der Waals surface area contributed by atoms with Crippen LogP contribution in [-0.4, -0.2) is 47.8 Å². The molecule has 3 rings (SSSR count). The number of nitrogens with zero attached hydrogens (tertiary/aromatic N) is 1. The predicted molar refractivity (Wildman–Crippen MR) is 127 cm³/mol. The molecule has 2 amide bonds. The Hall–Kier alpha value is -4.40. The van der Waals surface area contributed by atoms with Crippen molar-refractivity contribution in [3.05, 3.63) is 84.6 Å². The van der Waals surface area contributed by atoms with Crippen molar-refractivity contribution in [3.63, 3.8) is 0 Å². The number of carboxylic acids is 1. The number of ether oxygens (including phenoxy) is 1. The van der Waals surface area contributed by atoms with Crippen LogP contribution in [0.2, 0.25) is 0 Å². The Bertz CT molecular complexity index is 1080. The van der Waals surface area contributed by atoms with Crippen LogP contribution in [0.5, 0.6) is 0 Å². The molecule has 0 aliphatic rings. The van der Waals surface area contributed by atoms with E-state index in [1.165, 1.54) is 0 Å². The number of carbonyl (C=O) groups excluding carboxylic acids is 2. The van der Waals surface area contributed by atoms with Gasteiger partial charge < -0.3 is 25.8 Å². The third-order valence-electron chi connectivity index (χ3n) is 4.83. The van der Waals surface area contributed by atoms with E-state index in [0.29, 0.717) is 17.9 Å². The number of rotatable bonds is 11. The zero-order chi connectivity index (χ0) is 24.2. The first kappa shape index (κ1) is 24.2. The molecule has 4 N–H and O–H groups in total. The smallest absolute Gasteiger partial charge is 0.407 e. The quantitative estimate of drug-likeness (QED) is 0.322.